The standard InChI is InChI=1S/C17H23ClN2O2/c1-22-16-9-13(18)3-2-12(16)10-19-17(21)8-11-6-14-4-5-15(7-11)20-14/h2-3,9,11,14-15,20H,4-8,10H2,1H3,(H,19,21). The third-order valence-electron chi connectivity index (χ3n) is 4.77. The van der Waals surface area contributed by atoms with E-state index >= 15 is 0 Å². The fraction of sp³-hybridized carbons (Fsp3) is 0.588. The van der Waals surface area contributed by atoms with Crippen molar-refractivity contribution >= 4 is 17.5 Å². The van der Waals surface area contributed by atoms with Gasteiger partial charge in [0.2, 0.25) is 5.91 Å². The van der Waals surface area contributed by atoms with Crippen LogP contribution in [0.5, 0.6) is 5.75 Å². The SMILES string of the molecule is COc1cc(Cl)ccc1CNC(=O)CC1CC2CCC(C1)N2. The zero-order chi connectivity index (χ0) is 15.5. The lowest BCUT2D eigenvalue weighted by Crippen LogP contribution is -2.39. The van der Waals surface area contributed by atoms with Gasteiger partial charge in [0, 0.05) is 35.6 Å². The van der Waals surface area contributed by atoms with Crippen LogP contribution in [0.15, 0.2) is 18.2 Å². The molecule has 2 heterocycles. The highest BCUT2D eigenvalue weighted by Gasteiger charge is 2.34. The topological polar surface area (TPSA) is 50.4 Å². The quantitative estimate of drug-likeness (QED) is 0.876. The molecule has 0 aromatic heterocycles. The Bertz CT molecular complexity index is 537. The van der Waals surface area contributed by atoms with Crippen molar-refractivity contribution in [2.24, 2.45) is 5.92 Å². The number of carbonyl (C=O) groups is 1. The normalized spacial score (nSPS) is 26.7. The average Bonchev–Trinajstić information content (AvgIpc) is 2.84. The number of piperidine rings is 1. The molecule has 0 aliphatic carbocycles. The van der Waals surface area contributed by atoms with Crippen LogP contribution in [0.4, 0.5) is 0 Å². The van der Waals surface area contributed by atoms with Crippen LogP contribution in [0.25, 0.3) is 0 Å². The van der Waals surface area contributed by atoms with Crippen molar-refractivity contribution in [3.63, 3.8) is 0 Å². The van der Waals surface area contributed by atoms with E-state index in [4.69, 9.17) is 16.3 Å². The predicted molar refractivity (Wildman–Crippen MR) is 87.1 cm³/mol. The Morgan fingerprint density at radius 3 is 2.77 bits per heavy atom. The summed E-state index contributed by atoms with van der Waals surface area (Å²) >= 11 is 5.95. The lowest BCUT2D eigenvalue weighted by Gasteiger charge is -2.28. The van der Waals surface area contributed by atoms with Gasteiger partial charge in [-0.2, -0.15) is 0 Å². The number of carbonyl (C=O) groups excluding carboxylic acids is 1. The van der Waals surface area contributed by atoms with Crippen LogP contribution < -0.4 is 15.4 Å². The summed E-state index contributed by atoms with van der Waals surface area (Å²) in [5, 5.41) is 7.26. The number of ether oxygens (including phenoxy) is 1. The first kappa shape index (κ1) is 15.6. The maximum absolute atomic E-state index is 12.2. The van der Waals surface area contributed by atoms with Crippen LogP contribution in [0.2, 0.25) is 5.02 Å². The summed E-state index contributed by atoms with van der Waals surface area (Å²) in [5.74, 6) is 1.36. The largest absolute Gasteiger partial charge is 0.496 e. The molecule has 1 aromatic carbocycles. The van der Waals surface area contributed by atoms with Crippen molar-refractivity contribution < 1.29 is 9.53 Å². The highest BCUT2D eigenvalue weighted by molar-refractivity contribution is 6.30. The molecule has 2 aliphatic heterocycles. The molecule has 2 bridgehead atoms. The molecule has 2 fully saturated rings. The first-order valence-corrected chi connectivity index (χ1v) is 8.37. The van der Waals surface area contributed by atoms with Crippen molar-refractivity contribution in [1.82, 2.24) is 10.6 Å². The van der Waals surface area contributed by atoms with Gasteiger partial charge in [0.1, 0.15) is 5.75 Å². The van der Waals surface area contributed by atoms with E-state index in [0.29, 0.717) is 41.7 Å². The molecule has 4 nitrogen and oxygen atoms in total. The number of nitrogens with one attached hydrogen (secondary N) is 2. The number of halogens is 1. The van der Waals surface area contributed by atoms with E-state index in [2.05, 4.69) is 10.6 Å². The minimum atomic E-state index is 0.128. The van der Waals surface area contributed by atoms with Crippen LogP contribution in [0.1, 0.15) is 37.7 Å². The fourth-order valence-electron chi connectivity index (χ4n) is 3.73. The highest BCUT2D eigenvalue weighted by Crippen LogP contribution is 2.32. The van der Waals surface area contributed by atoms with Gasteiger partial charge in [-0.3, -0.25) is 4.79 Å². The van der Waals surface area contributed by atoms with E-state index in [-0.39, 0.29) is 5.91 Å². The van der Waals surface area contributed by atoms with Gasteiger partial charge in [-0.05, 0) is 43.7 Å². The number of rotatable bonds is 5. The molecule has 2 unspecified atom stereocenters. The molecule has 0 radical (unpaired) electrons. The summed E-state index contributed by atoms with van der Waals surface area (Å²) in [6, 6.07) is 6.75. The summed E-state index contributed by atoms with van der Waals surface area (Å²) in [5.41, 5.74) is 0.950. The van der Waals surface area contributed by atoms with Gasteiger partial charge in [0.15, 0.2) is 0 Å². The molecule has 1 aromatic rings. The van der Waals surface area contributed by atoms with Gasteiger partial charge >= 0.3 is 0 Å². The van der Waals surface area contributed by atoms with E-state index in [1.54, 1.807) is 13.2 Å². The number of methoxy groups -OCH3 is 1. The lowest BCUT2D eigenvalue weighted by molar-refractivity contribution is -0.122. The third kappa shape index (κ3) is 3.73. The zero-order valence-corrected chi connectivity index (χ0v) is 13.7. The fourth-order valence-corrected chi connectivity index (χ4v) is 3.90. The van der Waals surface area contributed by atoms with Crippen molar-refractivity contribution in [1.29, 1.82) is 0 Å². The molecule has 2 atom stereocenters. The van der Waals surface area contributed by atoms with E-state index < -0.39 is 0 Å². The minimum absolute atomic E-state index is 0.128. The van der Waals surface area contributed by atoms with Crippen LogP contribution in [0.3, 0.4) is 0 Å². The summed E-state index contributed by atoms with van der Waals surface area (Å²) in [6.45, 7) is 0.483. The maximum Gasteiger partial charge on any atom is 0.220 e. The van der Waals surface area contributed by atoms with E-state index in [0.717, 1.165) is 18.4 Å². The van der Waals surface area contributed by atoms with Crippen molar-refractivity contribution in [3.05, 3.63) is 28.8 Å². The molecule has 0 spiro atoms. The van der Waals surface area contributed by atoms with Crippen LogP contribution >= 0.6 is 11.6 Å². The average molecular weight is 323 g/mol. The zero-order valence-electron chi connectivity index (χ0n) is 12.9. The smallest absolute Gasteiger partial charge is 0.220 e. The molecular formula is C17H23ClN2O2. The Balaban J connectivity index is 1.50. The second-order valence-electron chi connectivity index (χ2n) is 6.41. The molecule has 2 saturated heterocycles. The van der Waals surface area contributed by atoms with Crippen LogP contribution in [-0.2, 0) is 11.3 Å². The summed E-state index contributed by atoms with van der Waals surface area (Å²) in [7, 11) is 1.61. The monoisotopic (exact) mass is 322 g/mol. The van der Waals surface area contributed by atoms with Gasteiger partial charge in [-0.1, -0.05) is 17.7 Å². The second kappa shape index (κ2) is 6.88. The highest BCUT2D eigenvalue weighted by atomic mass is 35.5. The Labute approximate surface area is 136 Å². The molecule has 120 valence electrons. The summed E-state index contributed by atoms with van der Waals surface area (Å²) < 4.78 is 5.30. The number of hydrogen-bond donors (Lipinski definition) is 2. The molecule has 2 N–H and O–H groups in total. The Kier molecular flexibility index (Phi) is 4.89. The number of hydrogen-bond acceptors (Lipinski definition) is 3. The predicted octanol–water partition coefficient (Wildman–Crippen LogP) is 2.89. The van der Waals surface area contributed by atoms with Crippen molar-refractivity contribution in [3.8, 4) is 5.75 Å². The van der Waals surface area contributed by atoms with Gasteiger partial charge in [-0.15, -0.1) is 0 Å². The lowest BCUT2D eigenvalue weighted by atomic mass is 9.89. The van der Waals surface area contributed by atoms with E-state index in [1.807, 2.05) is 12.1 Å². The Morgan fingerprint density at radius 1 is 1.36 bits per heavy atom. The summed E-state index contributed by atoms with van der Waals surface area (Å²) in [6.07, 6.45) is 5.43. The number of fused-ring (bicyclic) bond motifs is 2. The minimum Gasteiger partial charge on any atom is -0.496 e. The molecule has 22 heavy (non-hydrogen) atoms. The van der Waals surface area contributed by atoms with Gasteiger partial charge < -0.3 is 15.4 Å². The molecule has 3 rings (SSSR count). The maximum atomic E-state index is 12.2. The first-order chi connectivity index (χ1) is 10.6. The molecule has 1 amide bonds. The Morgan fingerprint density at radius 2 is 2.09 bits per heavy atom. The van der Waals surface area contributed by atoms with E-state index in [9.17, 15) is 4.79 Å². The van der Waals surface area contributed by atoms with Crippen molar-refractivity contribution in [2.75, 3.05) is 7.11 Å². The van der Waals surface area contributed by atoms with Crippen molar-refractivity contribution in [2.45, 2.75) is 50.7 Å². The van der Waals surface area contributed by atoms with Gasteiger partial charge in [0.05, 0.1) is 7.11 Å². The third-order valence-corrected chi connectivity index (χ3v) is 5.00. The molecule has 5 heteroatoms. The second-order valence-corrected chi connectivity index (χ2v) is 6.85. The van der Waals surface area contributed by atoms with E-state index in [1.165, 1.54) is 12.8 Å². The van der Waals surface area contributed by atoms with Gasteiger partial charge in [-0.25, -0.2) is 0 Å². The van der Waals surface area contributed by atoms with Crippen LogP contribution in [-0.4, -0.2) is 25.1 Å². The number of benzene rings is 1. The van der Waals surface area contributed by atoms with Crippen LogP contribution in [0, 0.1) is 5.92 Å². The first-order valence-electron chi connectivity index (χ1n) is 7.99. The molecule has 0 saturated carbocycles. The molecule has 2 aliphatic rings. The summed E-state index contributed by atoms with van der Waals surface area (Å²) in [4.78, 5) is 12.2. The Hall–Kier alpha value is -1.26. The number of amides is 1. The van der Waals surface area contributed by atoms with Gasteiger partial charge in [0.25, 0.3) is 0 Å². The molecular weight excluding hydrogens is 300 g/mol.